The van der Waals surface area contributed by atoms with Crippen molar-refractivity contribution in [2.75, 3.05) is 7.05 Å². The molecule has 7 heteroatoms. The molecule has 2 aromatic rings. The zero-order valence-corrected chi connectivity index (χ0v) is 13.2. The molecule has 0 unspecified atom stereocenters. The number of carbonyl (C=O) groups is 1. The largest absolute Gasteiger partial charge is 0.416 e. The smallest absolute Gasteiger partial charge is 0.341 e. The molecule has 0 radical (unpaired) electrons. The molecule has 0 atom stereocenters. The minimum Gasteiger partial charge on any atom is -0.341 e. The monoisotopic (exact) mass is 325 g/mol. The van der Waals surface area contributed by atoms with Gasteiger partial charge in [-0.1, -0.05) is 18.2 Å². The fourth-order valence-electron chi connectivity index (χ4n) is 2.40. The van der Waals surface area contributed by atoms with E-state index in [1.54, 1.807) is 6.92 Å². The average molecular weight is 325 g/mol. The maximum absolute atomic E-state index is 13.0. The van der Waals surface area contributed by atoms with Crippen molar-refractivity contribution in [3.63, 3.8) is 0 Å². The molecule has 0 saturated heterocycles. The number of hydrogen-bond acceptors (Lipinski definition) is 2. The van der Waals surface area contributed by atoms with Crippen LogP contribution in [0.2, 0.25) is 0 Å². The van der Waals surface area contributed by atoms with Crippen LogP contribution < -0.4 is 0 Å². The topological polar surface area (TPSA) is 49.0 Å². The Balaban J connectivity index is 2.14. The van der Waals surface area contributed by atoms with Gasteiger partial charge >= 0.3 is 6.18 Å². The van der Waals surface area contributed by atoms with Crippen LogP contribution in [0.15, 0.2) is 24.3 Å². The van der Waals surface area contributed by atoms with Crippen molar-refractivity contribution in [3.05, 3.63) is 52.3 Å². The Labute approximate surface area is 132 Å². The molecule has 0 fully saturated rings. The number of aromatic nitrogens is 2. The Kier molecular flexibility index (Phi) is 4.77. The summed E-state index contributed by atoms with van der Waals surface area (Å²) in [5, 5.41) is 6.80. The molecule has 23 heavy (non-hydrogen) atoms. The minimum absolute atomic E-state index is 0.0801. The summed E-state index contributed by atoms with van der Waals surface area (Å²) in [5.74, 6) is -0.255. The highest BCUT2D eigenvalue weighted by Crippen LogP contribution is 2.32. The van der Waals surface area contributed by atoms with Crippen LogP contribution >= 0.6 is 0 Å². The van der Waals surface area contributed by atoms with Crippen LogP contribution in [0.3, 0.4) is 0 Å². The van der Waals surface area contributed by atoms with Crippen LogP contribution in [0.5, 0.6) is 0 Å². The van der Waals surface area contributed by atoms with Gasteiger partial charge in [-0.2, -0.15) is 18.3 Å². The fraction of sp³-hybridized carbons (Fsp3) is 0.375. The third-order valence-electron chi connectivity index (χ3n) is 3.76. The SMILES string of the molecule is Cc1n[nH]c(C)c1CC(=O)N(C)Cc1ccccc1C(F)(F)F. The van der Waals surface area contributed by atoms with Crippen molar-refractivity contribution in [2.24, 2.45) is 0 Å². The summed E-state index contributed by atoms with van der Waals surface area (Å²) in [6.07, 6.45) is -4.32. The molecule has 2 rings (SSSR count). The number of halogens is 3. The lowest BCUT2D eigenvalue weighted by atomic mass is 10.1. The first kappa shape index (κ1) is 17.1. The number of hydrogen-bond donors (Lipinski definition) is 1. The van der Waals surface area contributed by atoms with Crippen molar-refractivity contribution in [1.82, 2.24) is 15.1 Å². The molecule has 0 saturated carbocycles. The van der Waals surface area contributed by atoms with Crippen LogP contribution in [0.25, 0.3) is 0 Å². The van der Waals surface area contributed by atoms with Crippen LogP contribution in [0.4, 0.5) is 13.2 Å². The van der Waals surface area contributed by atoms with Crippen LogP contribution in [0.1, 0.15) is 28.1 Å². The maximum Gasteiger partial charge on any atom is 0.416 e. The second-order valence-electron chi connectivity index (χ2n) is 5.49. The number of alkyl halides is 3. The molecule has 0 spiro atoms. The molecule has 124 valence electrons. The number of nitrogens with one attached hydrogen (secondary N) is 1. The highest BCUT2D eigenvalue weighted by Gasteiger charge is 2.33. The maximum atomic E-state index is 13.0. The number of likely N-dealkylation sites (N-methyl/N-ethyl adjacent to an activating group) is 1. The highest BCUT2D eigenvalue weighted by molar-refractivity contribution is 5.79. The molecule has 1 aromatic carbocycles. The minimum atomic E-state index is -4.43. The van der Waals surface area contributed by atoms with Gasteiger partial charge in [0.1, 0.15) is 0 Å². The molecule has 1 aromatic heterocycles. The number of aromatic amines is 1. The van der Waals surface area contributed by atoms with Crippen LogP contribution in [-0.4, -0.2) is 28.1 Å². The molecule has 1 amide bonds. The molecular formula is C16H18F3N3O. The van der Waals surface area contributed by atoms with E-state index in [9.17, 15) is 18.0 Å². The zero-order valence-electron chi connectivity index (χ0n) is 13.2. The summed E-state index contributed by atoms with van der Waals surface area (Å²) < 4.78 is 39.0. The number of carbonyl (C=O) groups excluding carboxylic acids is 1. The molecule has 0 aliphatic rings. The summed E-state index contributed by atoms with van der Waals surface area (Å²) in [7, 11) is 1.50. The number of aryl methyl sites for hydroxylation is 2. The molecular weight excluding hydrogens is 307 g/mol. The quantitative estimate of drug-likeness (QED) is 0.938. The number of nitrogens with zero attached hydrogens (tertiary/aromatic N) is 2. The predicted molar refractivity (Wildman–Crippen MR) is 79.7 cm³/mol. The van der Waals surface area contributed by atoms with E-state index in [1.807, 2.05) is 6.92 Å². The molecule has 1 heterocycles. The lowest BCUT2D eigenvalue weighted by molar-refractivity contribution is -0.139. The first-order valence-corrected chi connectivity index (χ1v) is 7.09. The molecule has 4 nitrogen and oxygen atoms in total. The van der Waals surface area contributed by atoms with Gasteiger partial charge in [-0.05, 0) is 25.5 Å². The van der Waals surface area contributed by atoms with E-state index in [-0.39, 0.29) is 24.4 Å². The predicted octanol–water partition coefficient (Wildman–Crippen LogP) is 3.25. The third kappa shape index (κ3) is 3.91. The van der Waals surface area contributed by atoms with E-state index < -0.39 is 11.7 Å². The highest BCUT2D eigenvalue weighted by atomic mass is 19.4. The first-order valence-electron chi connectivity index (χ1n) is 7.09. The van der Waals surface area contributed by atoms with Gasteiger partial charge in [-0.15, -0.1) is 0 Å². The number of rotatable bonds is 4. The van der Waals surface area contributed by atoms with E-state index in [1.165, 1.54) is 30.1 Å². The lowest BCUT2D eigenvalue weighted by Crippen LogP contribution is -2.29. The van der Waals surface area contributed by atoms with Crippen molar-refractivity contribution in [3.8, 4) is 0 Å². The van der Waals surface area contributed by atoms with Crippen LogP contribution in [0, 0.1) is 13.8 Å². The van der Waals surface area contributed by atoms with E-state index in [2.05, 4.69) is 10.2 Å². The van der Waals surface area contributed by atoms with Crippen molar-refractivity contribution < 1.29 is 18.0 Å². The summed E-state index contributed by atoms with van der Waals surface area (Å²) in [6, 6.07) is 5.29. The molecule has 0 aliphatic carbocycles. The van der Waals surface area contributed by atoms with Gasteiger partial charge in [0.25, 0.3) is 0 Å². The Morgan fingerprint density at radius 2 is 1.91 bits per heavy atom. The van der Waals surface area contributed by atoms with Gasteiger partial charge in [0.15, 0.2) is 0 Å². The van der Waals surface area contributed by atoms with Gasteiger partial charge in [-0.3, -0.25) is 9.89 Å². The summed E-state index contributed by atoms with van der Waals surface area (Å²) in [4.78, 5) is 13.6. The van der Waals surface area contributed by atoms with E-state index in [0.29, 0.717) is 0 Å². The summed E-state index contributed by atoms with van der Waals surface area (Å²) >= 11 is 0. The molecule has 1 N–H and O–H groups in total. The summed E-state index contributed by atoms with van der Waals surface area (Å²) in [5.41, 5.74) is 1.66. The van der Waals surface area contributed by atoms with Crippen molar-refractivity contribution in [2.45, 2.75) is 33.0 Å². The Hall–Kier alpha value is -2.31. The second kappa shape index (κ2) is 6.44. The normalized spacial score (nSPS) is 11.6. The van der Waals surface area contributed by atoms with Gasteiger partial charge in [0.2, 0.25) is 5.91 Å². The summed E-state index contributed by atoms with van der Waals surface area (Å²) in [6.45, 7) is 3.50. The number of H-pyrrole nitrogens is 1. The Morgan fingerprint density at radius 3 is 2.48 bits per heavy atom. The van der Waals surface area contributed by atoms with Gasteiger partial charge in [0.05, 0.1) is 17.7 Å². The number of benzene rings is 1. The fourth-order valence-corrected chi connectivity index (χ4v) is 2.40. The second-order valence-corrected chi connectivity index (χ2v) is 5.49. The molecule has 0 aliphatic heterocycles. The standard InChI is InChI=1S/C16H18F3N3O/c1-10-13(11(2)21-20-10)8-15(23)22(3)9-12-6-4-5-7-14(12)16(17,18)19/h4-7H,8-9H2,1-3H3,(H,20,21). The Bertz CT molecular complexity index is 687. The molecule has 0 bridgehead atoms. The van der Waals surface area contributed by atoms with Crippen LogP contribution in [-0.2, 0) is 23.9 Å². The van der Waals surface area contributed by atoms with Gasteiger partial charge < -0.3 is 4.90 Å². The lowest BCUT2D eigenvalue weighted by Gasteiger charge is -2.20. The zero-order chi connectivity index (χ0) is 17.2. The third-order valence-corrected chi connectivity index (χ3v) is 3.76. The van der Waals surface area contributed by atoms with E-state index in [4.69, 9.17) is 0 Å². The number of amides is 1. The van der Waals surface area contributed by atoms with Crippen molar-refractivity contribution in [1.29, 1.82) is 0 Å². The Morgan fingerprint density at radius 1 is 1.26 bits per heavy atom. The van der Waals surface area contributed by atoms with Gasteiger partial charge in [0, 0.05) is 24.8 Å². The van der Waals surface area contributed by atoms with Crippen molar-refractivity contribution >= 4 is 5.91 Å². The first-order chi connectivity index (χ1) is 10.7. The van der Waals surface area contributed by atoms with Gasteiger partial charge in [-0.25, -0.2) is 0 Å². The average Bonchev–Trinajstić information content (AvgIpc) is 2.78. The van der Waals surface area contributed by atoms with E-state index >= 15 is 0 Å². The van der Waals surface area contributed by atoms with E-state index in [0.717, 1.165) is 23.0 Å².